The molecule has 0 atom stereocenters. The number of hydrogen-bond acceptors (Lipinski definition) is 4. The number of carbonyl (C=O) groups excluding carboxylic acids is 1. The average Bonchev–Trinajstić information content (AvgIpc) is 2.80. The van der Waals surface area contributed by atoms with Crippen molar-refractivity contribution < 1.29 is 18.4 Å². The van der Waals surface area contributed by atoms with E-state index in [1.165, 1.54) is 25.7 Å². The van der Waals surface area contributed by atoms with Crippen LogP contribution < -0.4 is 5.30 Å². The first-order valence-electron chi connectivity index (χ1n) is 5.36. The highest BCUT2D eigenvalue weighted by atomic mass is 31.2. The van der Waals surface area contributed by atoms with Crippen LogP contribution >= 0.6 is 7.60 Å². The average molecular weight is 267 g/mol. The van der Waals surface area contributed by atoms with Crippen molar-refractivity contribution in [3.05, 3.63) is 30.5 Å². The van der Waals surface area contributed by atoms with E-state index in [-0.39, 0.29) is 5.91 Å². The molecule has 1 heterocycles. The van der Waals surface area contributed by atoms with E-state index in [1.807, 2.05) is 0 Å². The van der Waals surface area contributed by atoms with Crippen molar-refractivity contribution >= 4 is 29.7 Å². The van der Waals surface area contributed by atoms with Crippen molar-refractivity contribution in [2.45, 2.75) is 6.92 Å². The van der Waals surface area contributed by atoms with Gasteiger partial charge in [-0.3, -0.25) is 13.9 Å². The fourth-order valence-electron chi connectivity index (χ4n) is 1.86. The van der Waals surface area contributed by atoms with Gasteiger partial charge in [0.05, 0.1) is 10.8 Å². The van der Waals surface area contributed by atoms with E-state index in [9.17, 15) is 9.36 Å². The molecular formula is C12H14NO4P. The molecule has 2 aromatic rings. The Morgan fingerprint density at radius 1 is 1.22 bits per heavy atom. The van der Waals surface area contributed by atoms with Gasteiger partial charge in [-0.05, 0) is 24.3 Å². The number of aromatic nitrogens is 1. The first-order chi connectivity index (χ1) is 8.51. The Morgan fingerprint density at radius 3 is 2.44 bits per heavy atom. The summed E-state index contributed by atoms with van der Waals surface area (Å²) in [5.41, 5.74) is 0.769. The highest BCUT2D eigenvalue weighted by Gasteiger charge is 2.24. The van der Waals surface area contributed by atoms with E-state index in [0.717, 1.165) is 10.9 Å². The van der Waals surface area contributed by atoms with Crippen molar-refractivity contribution in [2.24, 2.45) is 0 Å². The van der Waals surface area contributed by atoms with Crippen LogP contribution in [0.1, 0.15) is 11.7 Å². The minimum Gasteiger partial charge on any atom is -0.309 e. The SMILES string of the molecule is COP(=O)(OC)c1ccc2c(ccn2C(C)=O)c1. The predicted octanol–water partition coefficient (Wildman–Crippen LogP) is 2.41. The maximum absolute atomic E-state index is 12.2. The molecule has 5 nitrogen and oxygen atoms in total. The summed E-state index contributed by atoms with van der Waals surface area (Å²) >= 11 is 0. The number of carbonyl (C=O) groups is 1. The summed E-state index contributed by atoms with van der Waals surface area (Å²) in [5.74, 6) is -0.0700. The van der Waals surface area contributed by atoms with E-state index >= 15 is 0 Å². The van der Waals surface area contributed by atoms with Crippen LogP contribution in [-0.4, -0.2) is 24.7 Å². The van der Waals surface area contributed by atoms with Gasteiger partial charge < -0.3 is 9.05 Å². The van der Waals surface area contributed by atoms with Gasteiger partial charge in [0, 0.05) is 32.7 Å². The molecular weight excluding hydrogens is 253 g/mol. The molecule has 2 rings (SSSR count). The smallest absolute Gasteiger partial charge is 0.309 e. The van der Waals surface area contributed by atoms with Crippen LogP contribution in [0.25, 0.3) is 10.9 Å². The van der Waals surface area contributed by atoms with Crippen molar-refractivity contribution in [3.63, 3.8) is 0 Å². The minimum absolute atomic E-state index is 0.0700. The predicted molar refractivity (Wildman–Crippen MR) is 69.5 cm³/mol. The normalized spacial score (nSPS) is 11.9. The van der Waals surface area contributed by atoms with Crippen LogP contribution in [0.2, 0.25) is 0 Å². The van der Waals surface area contributed by atoms with Crippen molar-refractivity contribution in [1.29, 1.82) is 0 Å². The molecule has 0 aliphatic heterocycles. The molecule has 1 aromatic heterocycles. The van der Waals surface area contributed by atoms with Gasteiger partial charge in [-0.25, -0.2) is 0 Å². The Balaban J connectivity index is 2.59. The fraction of sp³-hybridized carbons (Fsp3) is 0.250. The first kappa shape index (κ1) is 13.0. The Kier molecular flexibility index (Phi) is 3.39. The van der Waals surface area contributed by atoms with E-state index in [0.29, 0.717) is 5.30 Å². The van der Waals surface area contributed by atoms with Gasteiger partial charge in [0.1, 0.15) is 0 Å². The molecule has 96 valence electrons. The van der Waals surface area contributed by atoms with Gasteiger partial charge in [0.2, 0.25) is 5.91 Å². The summed E-state index contributed by atoms with van der Waals surface area (Å²) < 4.78 is 23.6. The zero-order valence-electron chi connectivity index (χ0n) is 10.4. The lowest BCUT2D eigenvalue weighted by molar-refractivity contribution is 0.0941. The van der Waals surface area contributed by atoms with E-state index in [1.54, 1.807) is 30.5 Å². The monoisotopic (exact) mass is 267 g/mol. The second-order valence-electron chi connectivity index (χ2n) is 3.81. The summed E-state index contributed by atoms with van der Waals surface area (Å²) in [5, 5.41) is 1.29. The highest BCUT2D eigenvalue weighted by Crippen LogP contribution is 2.45. The zero-order chi connectivity index (χ0) is 13.3. The number of nitrogens with zero attached hydrogens (tertiary/aromatic N) is 1. The summed E-state index contributed by atoms with van der Waals surface area (Å²) in [7, 11) is -0.562. The maximum atomic E-state index is 12.2. The standard InChI is InChI=1S/C12H14NO4P/c1-9(14)13-7-6-10-8-11(4-5-12(10)13)18(15,16-2)17-3/h4-8H,1-3H3. The van der Waals surface area contributed by atoms with Crippen LogP contribution in [0.4, 0.5) is 0 Å². The van der Waals surface area contributed by atoms with Crippen molar-refractivity contribution in [1.82, 2.24) is 4.57 Å². The van der Waals surface area contributed by atoms with Crippen LogP contribution in [-0.2, 0) is 13.6 Å². The lowest BCUT2D eigenvalue weighted by atomic mass is 10.2. The molecule has 0 aliphatic rings. The first-order valence-corrected chi connectivity index (χ1v) is 6.90. The molecule has 0 saturated carbocycles. The topological polar surface area (TPSA) is 57.5 Å². The zero-order valence-corrected chi connectivity index (χ0v) is 11.3. The second kappa shape index (κ2) is 4.69. The minimum atomic E-state index is -3.25. The van der Waals surface area contributed by atoms with Crippen LogP contribution in [0, 0.1) is 0 Å². The summed E-state index contributed by atoms with van der Waals surface area (Å²) in [6.07, 6.45) is 1.68. The number of benzene rings is 1. The molecule has 0 saturated heterocycles. The van der Waals surface area contributed by atoms with Crippen LogP contribution in [0.5, 0.6) is 0 Å². The molecule has 18 heavy (non-hydrogen) atoms. The third-order valence-electron chi connectivity index (χ3n) is 2.81. The lowest BCUT2D eigenvalue weighted by Gasteiger charge is -2.13. The number of rotatable bonds is 3. The molecule has 0 amide bonds. The van der Waals surface area contributed by atoms with Gasteiger partial charge in [-0.2, -0.15) is 0 Å². The molecule has 0 bridgehead atoms. The van der Waals surface area contributed by atoms with Crippen molar-refractivity contribution in [3.8, 4) is 0 Å². The summed E-state index contributed by atoms with van der Waals surface area (Å²) in [6, 6.07) is 6.88. The Hall–Kier alpha value is -1.42. The third-order valence-corrected chi connectivity index (χ3v) is 4.68. The Bertz CT molecular complexity index is 639. The molecule has 1 aromatic carbocycles. The molecule has 0 fully saturated rings. The Morgan fingerprint density at radius 2 is 1.89 bits per heavy atom. The number of fused-ring (bicyclic) bond motifs is 1. The van der Waals surface area contributed by atoms with Crippen LogP contribution in [0.15, 0.2) is 30.5 Å². The summed E-state index contributed by atoms with van der Waals surface area (Å²) in [4.78, 5) is 11.4. The van der Waals surface area contributed by atoms with Gasteiger partial charge >= 0.3 is 7.60 Å². The van der Waals surface area contributed by atoms with Crippen LogP contribution in [0.3, 0.4) is 0 Å². The third kappa shape index (κ3) is 2.01. The van der Waals surface area contributed by atoms with E-state index in [4.69, 9.17) is 9.05 Å². The largest absolute Gasteiger partial charge is 0.360 e. The lowest BCUT2D eigenvalue weighted by Crippen LogP contribution is -2.08. The molecule has 0 N–H and O–H groups in total. The Labute approximate surface area is 105 Å². The van der Waals surface area contributed by atoms with Gasteiger partial charge in [-0.15, -0.1) is 0 Å². The maximum Gasteiger partial charge on any atom is 0.360 e. The van der Waals surface area contributed by atoms with E-state index in [2.05, 4.69) is 0 Å². The second-order valence-corrected chi connectivity index (χ2v) is 6.05. The van der Waals surface area contributed by atoms with E-state index < -0.39 is 7.60 Å². The highest BCUT2D eigenvalue weighted by molar-refractivity contribution is 7.62. The quantitative estimate of drug-likeness (QED) is 0.801. The van der Waals surface area contributed by atoms with Gasteiger partial charge in [0.15, 0.2) is 0 Å². The molecule has 0 radical (unpaired) electrons. The molecule has 0 spiro atoms. The number of hydrogen-bond donors (Lipinski definition) is 0. The van der Waals surface area contributed by atoms with Crippen molar-refractivity contribution in [2.75, 3.05) is 14.2 Å². The summed E-state index contributed by atoms with van der Waals surface area (Å²) in [6.45, 7) is 1.49. The fourth-order valence-corrected chi connectivity index (χ4v) is 2.99. The van der Waals surface area contributed by atoms with Gasteiger partial charge in [0.25, 0.3) is 0 Å². The molecule has 0 unspecified atom stereocenters. The van der Waals surface area contributed by atoms with Gasteiger partial charge in [-0.1, -0.05) is 0 Å². The molecule has 0 aliphatic carbocycles. The molecule has 6 heteroatoms.